The lowest BCUT2D eigenvalue weighted by Crippen LogP contribution is -2.25. The predicted molar refractivity (Wildman–Crippen MR) is 117 cm³/mol. The van der Waals surface area contributed by atoms with Crippen molar-refractivity contribution in [3.8, 4) is 0 Å². The van der Waals surface area contributed by atoms with Crippen molar-refractivity contribution in [1.29, 1.82) is 0 Å². The van der Waals surface area contributed by atoms with Gasteiger partial charge in [-0.1, -0.05) is 48.5 Å². The van der Waals surface area contributed by atoms with Crippen LogP contribution in [0.1, 0.15) is 24.5 Å². The predicted octanol–water partition coefficient (Wildman–Crippen LogP) is 3.77. The largest absolute Gasteiger partial charge is 0.287 e. The number of benzene rings is 1. The SMILES string of the molecule is Cc1cc(=O)n2nc(CSc3nc4ccc(Cl)cc4c(=O)n3CC(C)C)sc2n1. The molecule has 3 aromatic heterocycles. The molecule has 150 valence electrons. The van der Waals surface area contributed by atoms with E-state index in [4.69, 9.17) is 16.6 Å². The Bertz CT molecular complexity index is 1340. The first-order chi connectivity index (χ1) is 13.8. The number of rotatable bonds is 5. The van der Waals surface area contributed by atoms with Crippen molar-refractivity contribution in [2.75, 3.05) is 0 Å². The van der Waals surface area contributed by atoms with Crippen LogP contribution in [0.2, 0.25) is 5.02 Å². The van der Waals surface area contributed by atoms with Gasteiger partial charge in [-0.2, -0.15) is 9.61 Å². The summed E-state index contributed by atoms with van der Waals surface area (Å²) in [5.74, 6) is 0.759. The molecule has 0 saturated heterocycles. The summed E-state index contributed by atoms with van der Waals surface area (Å²) >= 11 is 8.86. The number of hydrogen-bond acceptors (Lipinski definition) is 7. The molecule has 0 saturated carbocycles. The summed E-state index contributed by atoms with van der Waals surface area (Å²) in [5.41, 5.74) is 0.974. The van der Waals surface area contributed by atoms with Crippen LogP contribution in [0.3, 0.4) is 0 Å². The molecule has 0 aliphatic rings. The van der Waals surface area contributed by atoms with Gasteiger partial charge in [0.1, 0.15) is 5.01 Å². The number of aromatic nitrogens is 5. The van der Waals surface area contributed by atoms with Gasteiger partial charge in [-0.25, -0.2) is 9.97 Å². The Morgan fingerprint density at radius 1 is 1.21 bits per heavy atom. The summed E-state index contributed by atoms with van der Waals surface area (Å²) in [6.07, 6.45) is 0. The van der Waals surface area contributed by atoms with Crippen LogP contribution in [0.15, 0.2) is 39.0 Å². The summed E-state index contributed by atoms with van der Waals surface area (Å²) in [4.78, 5) is 34.7. The number of fused-ring (bicyclic) bond motifs is 2. The number of aryl methyl sites for hydroxylation is 1. The Morgan fingerprint density at radius 2 is 2.00 bits per heavy atom. The Kier molecular flexibility index (Phi) is 5.46. The lowest BCUT2D eigenvalue weighted by Gasteiger charge is -2.14. The summed E-state index contributed by atoms with van der Waals surface area (Å²) in [7, 11) is 0. The second kappa shape index (κ2) is 7.89. The van der Waals surface area contributed by atoms with E-state index in [0.29, 0.717) is 44.0 Å². The van der Waals surface area contributed by atoms with Gasteiger partial charge in [0.25, 0.3) is 11.1 Å². The Hall–Kier alpha value is -2.23. The average molecular weight is 448 g/mol. The summed E-state index contributed by atoms with van der Waals surface area (Å²) in [5, 5.41) is 6.74. The van der Waals surface area contributed by atoms with E-state index in [9.17, 15) is 9.59 Å². The molecule has 0 amide bonds. The number of halogens is 1. The van der Waals surface area contributed by atoms with Crippen molar-refractivity contribution in [3.05, 3.63) is 60.7 Å². The van der Waals surface area contributed by atoms with Gasteiger partial charge in [0.05, 0.1) is 16.7 Å². The summed E-state index contributed by atoms with van der Waals surface area (Å²) in [6, 6.07) is 6.60. The van der Waals surface area contributed by atoms with E-state index in [0.717, 1.165) is 5.01 Å². The molecule has 3 heterocycles. The smallest absolute Gasteiger partial charge is 0.275 e. The third-order valence-corrected chi connectivity index (χ3v) is 6.48. The minimum atomic E-state index is -0.197. The van der Waals surface area contributed by atoms with Crippen LogP contribution in [0.25, 0.3) is 15.9 Å². The maximum atomic E-state index is 13.1. The van der Waals surface area contributed by atoms with Gasteiger partial charge < -0.3 is 0 Å². The lowest BCUT2D eigenvalue weighted by atomic mass is 10.2. The molecule has 4 aromatic rings. The highest BCUT2D eigenvalue weighted by atomic mass is 35.5. The first-order valence-electron chi connectivity index (χ1n) is 9.01. The molecule has 0 aliphatic carbocycles. The molecule has 0 fully saturated rings. The molecule has 0 bridgehead atoms. The highest BCUT2D eigenvalue weighted by molar-refractivity contribution is 7.98. The quantitative estimate of drug-likeness (QED) is 0.342. The average Bonchev–Trinajstić information content (AvgIpc) is 3.06. The number of nitrogens with zero attached hydrogens (tertiary/aromatic N) is 5. The van der Waals surface area contributed by atoms with Crippen LogP contribution in [0.4, 0.5) is 0 Å². The Morgan fingerprint density at radius 3 is 2.76 bits per heavy atom. The number of thioether (sulfide) groups is 1. The first kappa shape index (κ1) is 20.1. The molecule has 0 spiro atoms. The summed E-state index contributed by atoms with van der Waals surface area (Å²) in [6.45, 7) is 6.44. The molecule has 0 atom stereocenters. The maximum Gasteiger partial charge on any atom is 0.275 e. The van der Waals surface area contributed by atoms with Crippen LogP contribution >= 0.6 is 34.7 Å². The Labute approximate surface area is 179 Å². The van der Waals surface area contributed by atoms with Crippen LogP contribution < -0.4 is 11.1 Å². The molecule has 0 aliphatic heterocycles. The fourth-order valence-electron chi connectivity index (χ4n) is 2.95. The normalized spacial score (nSPS) is 11.8. The van der Waals surface area contributed by atoms with E-state index >= 15 is 0 Å². The molecule has 10 heteroatoms. The zero-order valence-corrected chi connectivity index (χ0v) is 18.4. The van der Waals surface area contributed by atoms with E-state index < -0.39 is 0 Å². The summed E-state index contributed by atoms with van der Waals surface area (Å²) < 4.78 is 3.00. The van der Waals surface area contributed by atoms with Crippen molar-refractivity contribution < 1.29 is 0 Å². The molecule has 7 nitrogen and oxygen atoms in total. The molecule has 4 rings (SSSR count). The highest BCUT2D eigenvalue weighted by Gasteiger charge is 2.15. The monoisotopic (exact) mass is 447 g/mol. The molecule has 29 heavy (non-hydrogen) atoms. The molecular weight excluding hydrogens is 430 g/mol. The van der Waals surface area contributed by atoms with Crippen molar-refractivity contribution in [1.82, 2.24) is 24.1 Å². The lowest BCUT2D eigenvalue weighted by molar-refractivity contribution is 0.475. The molecular formula is C19H18ClN5O2S2. The zero-order valence-electron chi connectivity index (χ0n) is 16.0. The van der Waals surface area contributed by atoms with Crippen LogP contribution in [-0.2, 0) is 12.3 Å². The highest BCUT2D eigenvalue weighted by Crippen LogP contribution is 2.25. The second-order valence-corrected chi connectivity index (χ2v) is 9.50. The van der Waals surface area contributed by atoms with Gasteiger partial charge in [0, 0.05) is 23.3 Å². The van der Waals surface area contributed by atoms with E-state index in [-0.39, 0.29) is 17.0 Å². The molecule has 1 aromatic carbocycles. The second-order valence-electron chi connectivity index (χ2n) is 7.08. The van der Waals surface area contributed by atoms with Gasteiger partial charge >= 0.3 is 0 Å². The first-order valence-corrected chi connectivity index (χ1v) is 11.2. The van der Waals surface area contributed by atoms with Gasteiger partial charge in [-0.15, -0.1) is 0 Å². The minimum Gasteiger partial charge on any atom is -0.287 e. The topological polar surface area (TPSA) is 82.2 Å². The Balaban J connectivity index is 1.73. The van der Waals surface area contributed by atoms with Crippen molar-refractivity contribution in [2.45, 2.75) is 38.2 Å². The van der Waals surface area contributed by atoms with Crippen LogP contribution in [0, 0.1) is 12.8 Å². The fourth-order valence-corrected chi connectivity index (χ4v) is 5.06. The standard InChI is InChI=1S/C19H18ClN5O2S2/c1-10(2)8-24-17(27)13-7-12(20)4-5-14(13)22-18(24)28-9-15-23-25-16(26)6-11(3)21-19(25)29-15/h4-7,10H,8-9H2,1-3H3. The van der Waals surface area contributed by atoms with Crippen molar-refractivity contribution >= 4 is 50.6 Å². The van der Waals surface area contributed by atoms with Gasteiger partial charge in [-0.05, 0) is 31.0 Å². The van der Waals surface area contributed by atoms with E-state index in [1.807, 2.05) is 0 Å². The van der Waals surface area contributed by atoms with Gasteiger partial charge in [0.15, 0.2) is 5.16 Å². The third-order valence-electron chi connectivity index (χ3n) is 4.17. The van der Waals surface area contributed by atoms with E-state index in [2.05, 4.69) is 23.9 Å². The molecule has 0 radical (unpaired) electrons. The maximum absolute atomic E-state index is 13.1. The minimum absolute atomic E-state index is 0.105. The zero-order chi connectivity index (χ0) is 20.7. The molecule has 0 unspecified atom stereocenters. The fraction of sp³-hybridized carbons (Fsp3) is 0.316. The van der Waals surface area contributed by atoms with E-state index in [1.54, 1.807) is 29.7 Å². The van der Waals surface area contributed by atoms with E-state index in [1.165, 1.54) is 33.7 Å². The number of hydrogen-bond donors (Lipinski definition) is 0. The third kappa shape index (κ3) is 4.08. The van der Waals surface area contributed by atoms with Crippen LogP contribution in [-0.4, -0.2) is 24.1 Å². The van der Waals surface area contributed by atoms with Crippen LogP contribution in [0.5, 0.6) is 0 Å². The van der Waals surface area contributed by atoms with Gasteiger partial charge in [-0.3, -0.25) is 14.2 Å². The molecule has 0 N–H and O–H groups in total. The van der Waals surface area contributed by atoms with Gasteiger partial charge in [0.2, 0.25) is 4.96 Å². The van der Waals surface area contributed by atoms with Crippen molar-refractivity contribution in [3.63, 3.8) is 0 Å². The van der Waals surface area contributed by atoms with Crippen molar-refractivity contribution in [2.24, 2.45) is 5.92 Å².